The summed E-state index contributed by atoms with van der Waals surface area (Å²) in [5, 5.41) is 0. The van der Waals surface area contributed by atoms with E-state index in [1.54, 1.807) is 48.6 Å². The van der Waals surface area contributed by atoms with Gasteiger partial charge in [0.2, 0.25) is 9.84 Å². The van der Waals surface area contributed by atoms with E-state index in [0.717, 1.165) is 6.42 Å². The van der Waals surface area contributed by atoms with E-state index in [2.05, 4.69) is 0 Å². The number of benzene rings is 1. The van der Waals surface area contributed by atoms with Gasteiger partial charge in [-0.25, -0.2) is 8.42 Å². The maximum atomic E-state index is 12.2. The maximum Gasteiger partial charge on any atom is 0.206 e. The summed E-state index contributed by atoms with van der Waals surface area (Å²) in [4.78, 5) is 0.675. The van der Waals surface area contributed by atoms with Gasteiger partial charge < -0.3 is 0 Å². The van der Waals surface area contributed by atoms with E-state index in [4.69, 9.17) is 0 Å². The monoisotopic (exact) mass is 232 g/mol. The van der Waals surface area contributed by atoms with E-state index < -0.39 is 9.84 Å². The molecule has 0 spiro atoms. The van der Waals surface area contributed by atoms with E-state index in [-0.39, 0.29) is 0 Å². The predicted octanol–water partition coefficient (Wildman–Crippen LogP) is 2.86. The highest BCUT2D eigenvalue weighted by Gasteiger charge is 2.17. The number of hydrogen-bond donors (Lipinski definition) is 0. The first-order valence-corrected chi connectivity index (χ1v) is 6.53. The van der Waals surface area contributed by atoms with Crippen molar-refractivity contribution in [3.05, 3.63) is 65.6 Å². The van der Waals surface area contributed by atoms with Gasteiger partial charge in [0.1, 0.15) is 0 Å². The number of hydrogen-bond acceptors (Lipinski definition) is 2. The van der Waals surface area contributed by atoms with Crippen LogP contribution in [0.15, 0.2) is 70.5 Å². The van der Waals surface area contributed by atoms with Gasteiger partial charge in [-0.2, -0.15) is 0 Å². The summed E-state index contributed by atoms with van der Waals surface area (Å²) >= 11 is 0. The van der Waals surface area contributed by atoms with Crippen LogP contribution in [-0.4, -0.2) is 8.42 Å². The van der Waals surface area contributed by atoms with Gasteiger partial charge in [0.15, 0.2) is 0 Å². The third kappa shape index (κ3) is 2.14. The zero-order valence-corrected chi connectivity index (χ0v) is 9.52. The van der Waals surface area contributed by atoms with Crippen molar-refractivity contribution < 1.29 is 8.42 Å². The summed E-state index contributed by atoms with van der Waals surface area (Å²) < 4.78 is 24.4. The van der Waals surface area contributed by atoms with E-state index in [0.29, 0.717) is 9.80 Å². The molecule has 1 aliphatic carbocycles. The number of sulfone groups is 1. The van der Waals surface area contributed by atoms with E-state index >= 15 is 0 Å². The molecule has 0 aromatic heterocycles. The van der Waals surface area contributed by atoms with Crippen molar-refractivity contribution in [3.63, 3.8) is 0 Å². The molecule has 82 valence electrons. The van der Waals surface area contributed by atoms with Gasteiger partial charge in [0.25, 0.3) is 0 Å². The molecule has 0 radical (unpaired) electrons. The van der Waals surface area contributed by atoms with Crippen molar-refractivity contribution in [3.8, 4) is 0 Å². The summed E-state index contributed by atoms with van der Waals surface area (Å²) in [6, 6.07) is 8.47. The van der Waals surface area contributed by atoms with Gasteiger partial charge in [0, 0.05) is 0 Å². The Labute approximate surface area is 95.5 Å². The van der Waals surface area contributed by atoms with Gasteiger partial charge >= 0.3 is 0 Å². The van der Waals surface area contributed by atoms with Crippen LogP contribution in [0.1, 0.15) is 6.42 Å². The highest BCUT2D eigenvalue weighted by Crippen LogP contribution is 2.21. The van der Waals surface area contributed by atoms with Crippen LogP contribution in [0, 0.1) is 0 Å². The van der Waals surface area contributed by atoms with Crippen LogP contribution in [0.2, 0.25) is 0 Å². The zero-order chi connectivity index (χ0) is 11.4. The lowest BCUT2D eigenvalue weighted by Gasteiger charge is -2.03. The molecule has 0 amide bonds. The molecule has 0 unspecified atom stereocenters. The Morgan fingerprint density at radius 3 is 2.50 bits per heavy atom. The van der Waals surface area contributed by atoms with Gasteiger partial charge in [-0.15, -0.1) is 0 Å². The van der Waals surface area contributed by atoms with Crippen LogP contribution in [0.5, 0.6) is 0 Å². The third-order valence-corrected chi connectivity index (χ3v) is 4.10. The second-order valence-corrected chi connectivity index (χ2v) is 5.40. The molecule has 0 heterocycles. The molecule has 0 atom stereocenters. The molecule has 1 aromatic rings. The van der Waals surface area contributed by atoms with Crippen molar-refractivity contribution >= 4 is 9.84 Å². The first-order chi connectivity index (χ1) is 7.71. The molecule has 1 aliphatic rings. The Bertz CT molecular complexity index is 549. The molecule has 2 nitrogen and oxygen atoms in total. The molecule has 3 heteroatoms. The molecule has 0 N–H and O–H groups in total. The lowest BCUT2D eigenvalue weighted by Crippen LogP contribution is -2.02. The van der Waals surface area contributed by atoms with Crippen LogP contribution in [0.25, 0.3) is 0 Å². The number of rotatable bonds is 2. The first-order valence-electron chi connectivity index (χ1n) is 5.05. The van der Waals surface area contributed by atoms with Crippen molar-refractivity contribution in [2.75, 3.05) is 0 Å². The van der Waals surface area contributed by atoms with Crippen molar-refractivity contribution in [1.29, 1.82) is 0 Å². The molecular formula is C13H12O2S. The van der Waals surface area contributed by atoms with Gasteiger partial charge in [-0.3, -0.25) is 0 Å². The quantitative estimate of drug-likeness (QED) is 0.785. The topological polar surface area (TPSA) is 34.1 Å². The predicted molar refractivity (Wildman–Crippen MR) is 64.6 cm³/mol. The Balaban J connectivity index is 2.48. The van der Waals surface area contributed by atoms with Crippen LogP contribution in [0.4, 0.5) is 0 Å². The fourth-order valence-electron chi connectivity index (χ4n) is 1.47. The van der Waals surface area contributed by atoms with E-state index in [9.17, 15) is 8.42 Å². The minimum atomic E-state index is -3.36. The summed E-state index contributed by atoms with van der Waals surface area (Å²) in [7, 11) is -3.36. The van der Waals surface area contributed by atoms with E-state index in [1.165, 1.54) is 0 Å². The minimum absolute atomic E-state index is 0.334. The SMILES string of the molecule is O=S(=O)(C1=CC=CCC=C1)c1ccccc1. The standard InChI is InChI=1S/C13H12O2S/c14-16(15,13-10-6-3-7-11-13)12-8-4-1-2-5-9-12/h1,3-11H,2H2. The lowest BCUT2D eigenvalue weighted by molar-refractivity contribution is 0.603. The van der Waals surface area contributed by atoms with Crippen molar-refractivity contribution in [1.82, 2.24) is 0 Å². The Morgan fingerprint density at radius 1 is 1.00 bits per heavy atom. The van der Waals surface area contributed by atoms with Gasteiger partial charge in [0.05, 0.1) is 9.80 Å². The molecular weight excluding hydrogens is 220 g/mol. The first kappa shape index (κ1) is 10.9. The van der Waals surface area contributed by atoms with Gasteiger partial charge in [-0.05, 0) is 30.7 Å². The summed E-state index contributed by atoms with van der Waals surface area (Å²) in [6.07, 6.45) is 9.59. The molecule has 0 fully saturated rings. The molecule has 0 aliphatic heterocycles. The summed E-state index contributed by atoms with van der Waals surface area (Å²) in [5.41, 5.74) is 0. The Kier molecular flexibility index (Phi) is 3.06. The Hall–Kier alpha value is -1.61. The highest BCUT2D eigenvalue weighted by molar-refractivity contribution is 7.95. The molecule has 0 saturated heterocycles. The minimum Gasteiger partial charge on any atom is -0.219 e. The molecule has 16 heavy (non-hydrogen) atoms. The fraction of sp³-hybridized carbons (Fsp3) is 0.0769. The fourth-order valence-corrected chi connectivity index (χ4v) is 2.80. The zero-order valence-electron chi connectivity index (χ0n) is 8.71. The molecule has 2 rings (SSSR count). The molecule has 1 aromatic carbocycles. The summed E-state index contributed by atoms with van der Waals surface area (Å²) in [6.45, 7) is 0. The van der Waals surface area contributed by atoms with Crippen molar-refractivity contribution in [2.45, 2.75) is 11.3 Å². The second kappa shape index (κ2) is 4.49. The smallest absolute Gasteiger partial charge is 0.206 e. The maximum absolute atomic E-state index is 12.2. The number of allylic oxidation sites excluding steroid dienone is 5. The van der Waals surface area contributed by atoms with Crippen LogP contribution < -0.4 is 0 Å². The van der Waals surface area contributed by atoms with E-state index in [1.807, 2.05) is 12.2 Å². The van der Waals surface area contributed by atoms with Crippen LogP contribution in [-0.2, 0) is 9.84 Å². The highest BCUT2D eigenvalue weighted by atomic mass is 32.2. The average molecular weight is 232 g/mol. The van der Waals surface area contributed by atoms with Crippen LogP contribution >= 0.6 is 0 Å². The second-order valence-electron chi connectivity index (χ2n) is 3.45. The van der Waals surface area contributed by atoms with Crippen LogP contribution in [0.3, 0.4) is 0 Å². The average Bonchev–Trinajstić information content (AvgIpc) is 2.59. The lowest BCUT2D eigenvalue weighted by atomic mass is 10.4. The third-order valence-electron chi connectivity index (χ3n) is 2.31. The largest absolute Gasteiger partial charge is 0.219 e. The normalized spacial score (nSPS) is 15.6. The molecule has 0 bridgehead atoms. The van der Waals surface area contributed by atoms with Crippen molar-refractivity contribution in [2.24, 2.45) is 0 Å². The summed E-state index contributed by atoms with van der Waals surface area (Å²) in [5.74, 6) is 0. The van der Waals surface area contributed by atoms with Gasteiger partial charge in [-0.1, -0.05) is 36.4 Å². The molecule has 0 saturated carbocycles. The Morgan fingerprint density at radius 2 is 1.75 bits per heavy atom.